The number of carbonyl (C=O) groups is 1. The standard InChI is InChI=1S/C6H10N4O.C2H6/c1-5(11)7-3-6-4-10(2)9-8-6;1-2/h4H,3H2,1-2H3,(H,7,11);1-2H3. The quantitative estimate of drug-likeness (QED) is 0.727. The molecule has 5 heteroatoms. The highest BCUT2D eigenvalue weighted by atomic mass is 16.1. The monoisotopic (exact) mass is 184 g/mol. The van der Waals surface area contributed by atoms with Crippen LogP contribution in [0, 0.1) is 0 Å². The Balaban J connectivity index is 0.000000671. The first kappa shape index (κ1) is 11.6. The Labute approximate surface area is 78.1 Å². The van der Waals surface area contributed by atoms with Gasteiger partial charge in [-0.1, -0.05) is 19.1 Å². The summed E-state index contributed by atoms with van der Waals surface area (Å²) in [4.78, 5) is 10.5. The predicted octanol–water partition coefficient (Wildman–Crippen LogP) is 0.477. The molecule has 0 unspecified atom stereocenters. The van der Waals surface area contributed by atoms with Crippen molar-refractivity contribution in [3.63, 3.8) is 0 Å². The van der Waals surface area contributed by atoms with Gasteiger partial charge in [-0.15, -0.1) is 5.10 Å². The van der Waals surface area contributed by atoms with Gasteiger partial charge in [0.05, 0.1) is 6.54 Å². The van der Waals surface area contributed by atoms with E-state index in [9.17, 15) is 4.79 Å². The van der Waals surface area contributed by atoms with Crippen LogP contribution in [0.1, 0.15) is 26.5 Å². The summed E-state index contributed by atoms with van der Waals surface area (Å²) in [5, 5.41) is 10.1. The summed E-state index contributed by atoms with van der Waals surface area (Å²) < 4.78 is 1.59. The van der Waals surface area contributed by atoms with Crippen molar-refractivity contribution in [1.29, 1.82) is 0 Å². The molecule has 13 heavy (non-hydrogen) atoms. The van der Waals surface area contributed by atoms with E-state index in [4.69, 9.17) is 0 Å². The Morgan fingerprint density at radius 3 is 2.62 bits per heavy atom. The zero-order chi connectivity index (χ0) is 10.3. The van der Waals surface area contributed by atoms with Crippen LogP contribution in [-0.4, -0.2) is 20.9 Å². The van der Waals surface area contributed by atoms with E-state index in [1.54, 1.807) is 17.9 Å². The van der Waals surface area contributed by atoms with Gasteiger partial charge >= 0.3 is 0 Å². The molecule has 1 heterocycles. The number of nitrogens with zero attached hydrogens (tertiary/aromatic N) is 3. The van der Waals surface area contributed by atoms with E-state index in [0.29, 0.717) is 6.54 Å². The van der Waals surface area contributed by atoms with E-state index < -0.39 is 0 Å². The number of carbonyl (C=O) groups excluding carboxylic acids is 1. The molecule has 74 valence electrons. The molecule has 0 aliphatic rings. The number of nitrogens with one attached hydrogen (secondary N) is 1. The van der Waals surface area contributed by atoms with Crippen LogP contribution in [0.4, 0.5) is 0 Å². The summed E-state index contributed by atoms with van der Waals surface area (Å²) in [6, 6.07) is 0. The fourth-order valence-electron chi connectivity index (χ4n) is 0.691. The van der Waals surface area contributed by atoms with E-state index in [0.717, 1.165) is 5.69 Å². The summed E-state index contributed by atoms with van der Waals surface area (Å²) in [5.74, 6) is -0.0596. The number of aryl methyl sites for hydroxylation is 1. The first-order valence-corrected chi connectivity index (χ1v) is 4.28. The molecule has 1 amide bonds. The molecule has 1 N–H and O–H groups in total. The third kappa shape index (κ3) is 4.95. The molecule has 0 aromatic carbocycles. The molecule has 0 bridgehead atoms. The van der Waals surface area contributed by atoms with Gasteiger partial charge in [0.2, 0.25) is 5.91 Å². The summed E-state index contributed by atoms with van der Waals surface area (Å²) in [5.41, 5.74) is 0.766. The van der Waals surface area contributed by atoms with E-state index >= 15 is 0 Å². The SMILES string of the molecule is CC.CC(=O)NCc1cn(C)nn1. The minimum atomic E-state index is -0.0596. The Morgan fingerprint density at radius 1 is 1.62 bits per heavy atom. The van der Waals surface area contributed by atoms with Crippen LogP contribution >= 0.6 is 0 Å². The predicted molar refractivity (Wildman–Crippen MR) is 49.9 cm³/mol. The first-order valence-electron chi connectivity index (χ1n) is 4.28. The second-order valence-electron chi connectivity index (χ2n) is 2.29. The lowest BCUT2D eigenvalue weighted by atomic mass is 10.4. The molecule has 1 rings (SSSR count). The van der Waals surface area contributed by atoms with Crippen LogP contribution in [0.3, 0.4) is 0 Å². The molecule has 1 aromatic rings. The molecule has 0 radical (unpaired) electrons. The third-order valence-corrected chi connectivity index (χ3v) is 1.17. The van der Waals surface area contributed by atoms with E-state index in [1.807, 2.05) is 13.8 Å². The van der Waals surface area contributed by atoms with Crippen molar-refractivity contribution in [2.45, 2.75) is 27.3 Å². The minimum Gasteiger partial charge on any atom is -0.351 e. The molecule has 0 saturated heterocycles. The van der Waals surface area contributed by atoms with Gasteiger partial charge in [-0.3, -0.25) is 9.48 Å². The van der Waals surface area contributed by atoms with Crippen molar-refractivity contribution in [2.75, 3.05) is 0 Å². The van der Waals surface area contributed by atoms with Crippen LogP contribution in [0.25, 0.3) is 0 Å². The number of amides is 1. The minimum absolute atomic E-state index is 0.0596. The van der Waals surface area contributed by atoms with Gasteiger partial charge in [0.1, 0.15) is 5.69 Å². The number of rotatable bonds is 2. The largest absolute Gasteiger partial charge is 0.351 e. The van der Waals surface area contributed by atoms with Crippen LogP contribution < -0.4 is 5.32 Å². The Bertz CT molecular complexity index is 256. The molecule has 1 aromatic heterocycles. The highest BCUT2D eigenvalue weighted by molar-refractivity contribution is 5.72. The number of hydrogen-bond donors (Lipinski definition) is 1. The van der Waals surface area contributed by atoms with E-state index in [-0.39, 0.29) is 5.91 Å². The number of aromatic nitrogens is 3. The lowest BCUT2D eigenvalue weighted by Gasteiger charge is -1.94. The zero-order valence-electron chi connectivity index (χ0n) is 8.53. The molecular formula is C8H16N4O. The molecule has 0 aliphatic heterocycles. The maximum Gasteiger partial charge on any atom is 0.217 e. The van der Waals surface area contributed by atoms with Gasteiger partial charge in [0.15, 0.2) is 0 Å². The summed E-state index contributed by atoms with van der Waals surface area (Å²) >= 11 is 0. The molecule has 0 aliphatic carbocycles. The fourth-order valence-corrected chi connectivity index (χ4v) is 0.691. The van der Waals surface area contributed by atoms with Gasteiger partial charge in [-0.2, -0.15) is 0 Å². The van der Waals surface area contributed by atoms with Crippen molar-refractivity contribution < 1.29 is 4.79 Å². The molecule has 0 atom stereocenters. The lowest BCUT2D eigenvalue weighted by Crippen LogP contribution is -2.19. The van der Waals surface area contributed by atoms with E-state index in [2.05, 4.69) is 15.6 Å². The normalized spacial score (nSPS) is 8.62. The van der Waals surface area contributed by atoms with Crippen LogP contribution in [0.5, 0.6) is 0 Å². The Kier molecular flexibility index (Phi) is 5.50. The average molecular weight is 184 g/mol. The fraction of sp³-hybridized carbons (Fsp3) is 0.625. The second-order valence-corrected chi connectivity index (χ2v) is 2.29. The molecule has 0 saturated carbocycles. The van der Waals surface area contributed by atoms with Crippen LogP contribution in [-0.2, 0) is 18.4 Å². The topological polar surface area (TPSA) is 59.8 Å². The zero-order valence-corrected chi connectivity index (χ0v) is 8.53. The van der Waals surface area contributed by atoms with Gasteiger partial charge in [-0.05, 0) is 0 Å². The van der Waals surface area contributed by atoms with Crippen molar-refractivity contribution >= 4 is 5.91 Å². The number of hydrogen-bond acceptors (Lipinski definition) is 3. The maximum absolute atomic E-state index is 10.5. The smallest absolute Gasteiger partial charge is 0.217 e. The Morgan fingerprint density at radius 2 is 2.23 bits per heavy atom. The first-order chi connectivity index (χ1) is 6.18. The summed E-state index contributed by atoms with van der Waals surface area (Å²) in [6.07, 6.45) is 1.76. The molecule has 5 nitrogen and oxygen atoms in total. The van der Waals surface area contributed by atoms with Crippen molar-refractivity contribution in [2.24, 2.45) is 7.05 Å². The van der Waals surface area contributed by atoms with Gasteiger partial charge in [0, 0.05) is 20.2 Å². The highest BCUT2D eigenvalue weighted by Crippen LogP contribution is 1.88. The van der Waals surface area contributed by atoms with Gasteiger partial charge in [0.25, 0.3) is 0 Å². The Hall–Kier alpha value is -1.39. The summed E-state index contributed by atoms with van der Waals surface area (Å²) in [7, 11) is 1.78. The van der Waals surface area contributed by atoms with Crippen molar-refractivity contribution in [3.8, 4) is 0 Å². The second kappa shape index (κ2) is 6.16. The van der Waals surface area contributed by atoms with Crippen molar-refractivity contribution in [1.82, 2.24) is 20.3 Å². The van der Waals surface area contributed by atoms with Gasteiger partial charge < -0.3 is 5.32 Å². The van der Waals surface area contributed by atoms with Gasteiger partial charge in [-0.25, -0.2) is 0 Å². The van der Waals surface area contributed by atoms with E-state index in [1.165, 1.54) is 6.92 Å². The molecule has 0 fully saturated rings. The summed E-state index contributed by atoms with van der Waals surface area (Å²) in [6.45, 7) is 5.92. The molecule has 0 spiro atoms. The van der Waals surface area contributed by atoms with Crippen molar-refractivity contribution in [3.05, 3.63) is 11.9 Å². The van der Waals surface area contributed by atoms with Crippen LogP contribution in [0.2, 0.25) is 0 Å². The van der Waals surface area contributed by atoms with Crippen LogP contribution in [0.15, 0.2) is 6.20 Å². The average Bonchev–Trinajstić information content (AvgIpc) is 2.52. The lowest BCUT2D eigenvalue weighted by molar-refractivity contribution is -0.119. The maximum atomic E-state index is 10.5. The third-order valence-electron chi connectivity index (χ3n) is 1.17. The molecular weight excluding hydrogens is 168 g/mol. The highest BCUT2D eigenvalue weighted by Gasteiger charge is 1.97.